The molecule has 3 aromatic rings. The zero-order valence-corrected chi connectivity index (χ0v) is 15.4. The summed E-state index contributed by atoms with van der Waals surface area (Å²) >= 11 is 0. The molecule has 154 valence electrons. The summed E-state index contributed by atoms with van der Waals surface area (Å²) < 4.78 is 51.3. The van der Waals surface area contributed by atoms with E-state index in [1.165, 1.54) is 12.1 Å². The quantitative estimate of drug-likeness (QED) is 0.520. The van der Waals surface area contributed by atoms with Crippen LogP contribution in [-0.2, 0) is 11.0 Å². The molecule has 1 aromatic carbocycles. The number of rotatable bonds is 4. The second-order valence-corrected chi connectivity index (χ2v) is 6.80. The third-order valence-corrected chi connectivity index (χ3v) is 4.67. The van der Waals surface area contributed by atoms with Crippen molar-refractivity contribution in [2.45, 2.75) is 12.2 Å². The zero-order valence-electron chi connectivity index (χ0n) is 15.4. The van der Waals surface area contributed by atoms with Gasteiger partial charge in [0.05, 0.1) is 17.1 Å². The average Bonchev–Trinajstić information content (AvgIpc) is 2.69. The van der Waals surface area contributed by atoms with E-state index in [2.05, 4.69) is 26.8 Å². The summed E-state index contributed by atoms with van der Waals surface area (Å²) in [6.45, 7) is 3.70. The SMILES string of the molecule is C=C(F)C(=O)NC1CN(c2nc(-c3ccc(C(F)(F)F)cc3)nc3cccnc23)C1. The standard InChI is InChI=1S/C20H15F4N5O/c1-11(21)19(30)26-14-9-29(10-14)18-16-15(3-2-8-25-16)27-17(28-18)12-4-6-13(7-5-12)20(22,23)24/h2-8,14H,1,9-10H2,(H,26,30). The fraction of sp³-hybridized carbons (Fsp3) is 0.200. The molecule has 3 heterocycles. The van der Waals surface area contributed by atoms with Crippen LogP contribution in [0, 0.1) is 0 Å². The number of anilines is 1. The molecular weight excluding hydrogens is 402 g/mol. The Labute approximate surface area is 168 Å². The lowest BCUT2D eigenvalue weighted by Crippen LogP contribution is -2.59. The number of halogens is 4. The van der Waals surface area contributed by atoms with Crippen molar-refractivity contribution in [3.63, 3.8) is 0 Å². The fourth-order valence-corrected chi connectivity index (χ4v) is 3.12. The molecule has 1 amide bonds. The number of aromatic nitrogens is 3. The second kappa shape index (κ2) is 7.36. The maximum atomic E-state index is 12.9. The molecule has 1 fully saturated rings. The first-order valence-electron chi connectivity index (χ1n) is 8.93. The molecular formula is C20H15F4N5O. The van der Waals surface area contributed by atoms with E-state index in [4.69, 9.17) is 0 Å². The van der Waals surface area contributed by atoms with Crippen molar-refractivity contribution in [2.24, 2.45) is 0 Å². The number of nitrogens with zero attached hydrogens (tertiary/aromatic N) is 4. The zero-order chi connectivity index (χ0) is 21.5. The van der Waals surface area contributed by atoms with E-state index < -0.39 is 23.5 Å². The lowest BCUT2D eigenvalue weighted by molar-refractivity contribution is -0.137. The van der Waals surface area contributed by atoms with Crippen LogP contribution in [0.1, 0.15) is 5.56 Å². The highest BCUT2D eigenvalue weighted by Crippen LogP contribution is 2.32. The third kappa shape index (κ3) is 3.80. The van der Waals surface area contributed by atoms with Gasteiger partial charge in [0.15, 0.2) is 17.5 Å². The minimum absolute atomic E-state index is 0.254. The Morgan fingerprint density at radius 3 is 2.47 bits per heavy atom. The van der Waals surface area contributed by atoms with Crippen LogP contribution in [0.3, 0.4) is 0 Å². The van der Waals surface area contributed by atoms with E-state index >= 15 is 0 Å². The average molecular weight is 417 g/mol. The molecule has 30 heavy (non-hydrogen) atoms. The Hall–Kier alpha value is -3.56. The number of benzene rings is 1. The summed E-state index contributed by atoms with van der Waals surface area (Å²) in [5.74, 6) is -1.19. The Bertz CT molecular complexity index is 1120. The largest absolute Gasteiger partial charge is 0.416 e. The number of amides is 1. The van der Waals surface area contributed by atoms with Gasteiger partial charge in [0, 0.05) is 24.8 Å². The summed E-state index contributed by atoms with van der Waals surface area (Å²) in [4.78, 5) is 26.5. The van der Waals surface area contributed by atoms with Crippen LogP contribution < -0.4 is 10.2 Å². The number of carbonyl (C=O) groups is 1. The van der Waals surface area contributed by atoms with Crippen LogP contribution in [0.2, 0.25) is 0 Å². The van der Waals surface area contributed by atoms with Crippen LogP contribution in [0.4, 0.5) is 23.4 Å². The van der Waals surface area contributed by atoms with Crippen LogP contribution >= 0.6 is 0 Å². The van der Waals surface area contributed by atoms with Crippen molar-refractivity contribution in [1.29, 1.82) is 0 Å². The van der Waals surface area contributed by atoms with E-state index in [0.29, 0.717) is 35.5 Å². The van der Waals surface area contributed by atoms with Gasteiger partial charge in [-0.2, -0.15) is 13.2 Å². The van der Waals surface area contributed by atoms with Crippen molar-refractivity contribution in [1.82, 2.24) is 20.3 Å². The smallest absolute Gasteiger partial charge is 0.350 e. The molecule has 1 aliphatic rings. The van der Waals surface area contributed by atoms with Gasteiger partial charge in [-0.05, 0) is 24.3 Å². The molecule has 0 spiro atoms. The van der Waals surface area contributed by atoms with Crippen LogP contribution in [-0.4, -0.2) is 40.0 Å². The van der Waals surface area contributed by atoms with Gasteiger partial charge in [-0.1, -0.05) is 18.7 Å². The highest BCUT2D eigenvalue weighted by atomic mass is 19.4. The molecule has 1 aliphatic heterocycles. The Kier molecular flexibility index (Phi) is 4.84. The Balaban J connectivity index is 1.64. The molecule has 0 bridgehead atoms. The number of hydrogen-bond acceptors (Lipinski definition) is 5. The molecule has 2 aromatic heterocycles. The third-order valence-electron chi connectivity index (χ3n) is 4.67. The van der Waals surface area contributed by atoms with Crippen LogP contribution in [0.5, 0.6) is 0 Å². The van der Waals surface area contributed by atoms with Crippen molar-refractivity contribution in [3.05, 3.63) is 60.6 Å². The molecule has 4 rings (SSSR count). The summed E-state index contributed by atoms with van der Waals surface area (Å²) in [7, 11) is 0. The highest BCUT2D eigenvalue weighted by molar-refractivity contribution is 5.91. The van der Waals surface area contributed by atoms with Crippen molar-refractivity contribution < 1.29 is 22.4 Å². The normalized spacial score (nSPS) is 14.5. The lowest BCUT2D eigenvalue weighted by Gasteiger charge is -2.40. The van der Waals surface area contributed by atoms with Crippen LogP contribution in [0.25, 0.3) is 22.4 Å². The number of carbonyl (C=O) groups excluding carboxylic acids is 1. The van der Waals surface area contributed by atoms with E-state index in [1.54, 1.807) is 18.3 Å². The van der Waals surface area contributed by atoms with Gasteiger partial charge in [-0.15, -0.1) is 0 Å². The fourth-order valence-electron chi connectivity index (χ4n) is 3.12. The molecule has 0 radical (unpaired) electrons. The predicted molar refractivity (Wildman–Crippen MR) is 102 cm³/mol. The Morgan fingerprint density at radius 2 is 1.83 bits per heavy atom. The van der Waals surface area contributed by atoms with Gasteiger partial charge in [-0.25, -0.2) is 14.4 Å². The molecule has 6 nitrogen and oxygen atoms in total. The van der Waals surface area contributed by atoms with Crippen LogP contribution in [0.15, 0.2) is 55.0 Å². The topological polar surface area (TPSA) is 71.0 Å². The number of hydrogen-bond donors (Lipinski definition) is 1. The first-order valence-corrected chi connectivity index (χ1v) is 8.93. The summed E-state index contributed by atoms with van der Waals surface area (Å²) in [6.07, 6.45) is -2.85. The van der Waals surface area contributed by atoms with Gasteiger partial charge in [0.2, 0.25) is 0 Å². The minimum Gasteiger partial charge on any atom is -0.350 e. The van der Waals surface area contributed by atoms with Crippen molar-refractivity contribution in [3.8, 4) is 11.4 Å². The van der Waals surface area contributed by atoms with Crippen molar-refractivity contribution in [2.75, 3.05) is 18.0 Å². The molecule has 0 saturated carbocycles. The summed E-state index contributed by atoms with van der Waals surface area (Å²) in [6, 6.07) is 7.73. The number of pyridine rings is 1. The molecule has 1 N–H and O–H groups in total. The van der Waals surface area contributed by atoms with Gasteiger partial charge in [0.25, 0.3) is 5.91 Å². The molecule has 0 aliphatic carbocycles. The summed E-state index contributed by atoms with van der Waals surface area (Å²) in [5.41, 5.74) is 0.716. The molecule has 0 unspecified atom stereocenters. The Morgan fingerprint density at radius 1 is 1.13 bits per heavy atom. The second-order valence-electron chi connectivity index (χ2n) is 6.80. The molecule has 10 heteroatoms. The first kappa shape index (κ1) is 19.7. The highest BCUT2D eigenvalue weighted by Gasteiger charge is 2.32. The van der Waals surface area contributed by atoms with E-state index in [0.717, 1.165) is 12.1 Å². The van der Waals surface area contributed by atoms with Gasteiger partial charge >= 0.3 is 6.18 Å². The van der Waals surface area contributed by atoms with Gasteiger partial charge in [-0.3, -0.25) is 9.78 Å². The first-order chi connectivity index (χ1) is 14.2. The maximum Gasteiger partial charge on any atom is 0.416 e. The van der Waals surface area contributed by atoms with Gasteiger partial charge in [0.1, 0.15) is 5.52 Å². The number of fused-ring (bicyclic) bond motifs is 1. The van der Waals surface area contributed by atoms with E-state index in [-0.39, 0.29) is 11.9 Å². The molecule has 0 atom stereocenters. The van der Waals surface area contributed by atoms with Gasteiger partial charge < -0.3 is 10.2 Å². The van der Waals surface area contributed by atoms with E-state index in [9.17, 15) is 22.4 Å². The summed E-state index contributed by atoms with van der Waals surface area (Å²) in [5, 5.41) is 2.50. The molecule has 1 saturated heterocycles. The van der Waals surface area contributed by atoms with Crippen molar-refractivity contribution >= 4 is 22.8 Å². The van der Waals surface area contributed by atoms with E-state index in [1.807, 2.05) is 4.90 Å². The lowest BCUT2D eigenvalue weighted by atomic mass is 10.1. The number of alkyl halides is 3. The maximum absolute atomic E-state index is 12.9. The minimum atomic E-state index is -4.43. The monoisotopic (exact) mass is 417 g/mol. The number of nitrogens with one attached hydrogen (secondary N) is 1. The predicted octanol–water partition coefficient (Wildman–Crippen LogP) is 3.50.